The second kappa shape index (κ2) is 23.9. The number of ether oxygens (including phenoxy) is 4. The Morgan fingerprint density at radius 1 is 0.338 bits per heavy atom. The van der Waals surface area contributed by atoms with Gasteiger partial charge < -0.3 is 44.2 Å². The van der Waals surface area contributed by atoms with Crippen LogP contribution in [0.25, 0.3) is 90.9 Å². The van der Waals surface area contributed by atoms with E-state index >= 15 is 0 Å². The topological polar surface area (TPSA) is 155 Å². The molecule has 2 aliphatic heterocycles. The molecule has 364 valence electrons. The van der Waals surface area contributed by atoms with E-state index in [0.717, 1.165) is 102 Å². The first kappa shape index (κ1) is 48.6. The zero-order valence-electron chi connectivity index (χ0n) is 40.3. The predicted molar refractivity (Wildman–Crippen MR) is 286 cm³/mol. The number of aliphatic hydroxyl groups excluding tert-OH is 3. The number of aliphatic hydroxyl groups is 3. The Labute approximate surface area is 415 Å². The van der Waals surface area contributed by atoms with Gasteiger partial charge >= 0.3 is 0 Å². The van der Waals surface area contributed by atoms with Crippen molar-refractivity contribution in [2.24, 2.45) is 0 Å². The van der Waals surface area contributed by atoms with Gasteiger partial charge in [-0.2, -0.15) is 0 Å². The molecular formula is C60H62N4O7. The van der Waals surface area contributed by atoms with Gasteiger partial charge in [-0.25, -0.2) is 9.97 Å². The summed E-state index contributed by atoms with van der Waals surface area (Å²) in [6, 6.07) is 40.3. The lowest BCUT2D eigenvalue weighted by molar-refractivity contribution is 0.201. The fourth-order valence-corrected chi connectivity index (χ4v) is 9.21. The van der Waals surface area contributed by atoms with Gasteiger partial charge in [0.05, 0.1) is 49.2 Å². The SMILES string of the molecule is CCCCCCCCCCOc1ccc(-c2c3nc(c(-c4ccc(OCCO)cc4)c4ccc([nH]4)c(-c4ccc(OCCO)cc4)c4nc(c(-c5ccc(OCCO)cc5)c5ccc2[nH]5)C=C4)C=C3)cc1. The summed E-state index contributed by atoms with van der Waals surface area (Å²) in [6.45, 7) is 3.30. The molecule has 9 rings (SSSR count). The number of fused-ring (bicyclic) bond motifs is 8. The van der Waals surface area contributed by atoms with Gasteiger partial charge in [0.15, 0.2) is 0 Å². The Balaban J connectivity index is 1.23. The van der Waals surface area contributed by atoms with Crippen LogP contribution < -0.4 is 18.9 Å². The average molecular weight is 951 g/mol. The molecule has 4 aromatic carbocycles. The van der Waals surface area contributed by atoms with E-state index in [1.54, 1.807) is 0 Å². The molecule has 11 nitrogen and oxygen atoms in total. The molecule has 71 heavy (non-hydrogen) atoms. The molecule has 5 heterocycles. The molecule has 0 amide bonds. The minimum atomic E-state index is -0.0809. The molecule has 0 radical (unpaired) electrons. The largest absolute Gasteiger partial charge is 0.494 e. The monoisotopic (exact) mass is 950 g/mol. The molecule has 0 atom stereocenters. The van der Waals surface area contributed by atoms with Crippen molar-refractivity contribution in [1.82, 2.24) is 19.9 Å². The fourth-order valence-electron chi connectivity index (χ4n) is 9.21. The van der Waals surface area contributed by atoms with Crippen molar-refractivity contribution in [2.75, 3.05) is 46.2 Å². The lowest BCUT2D eigenvalue weighted by Crippen LogP contribution is -2.01. The lowest BCUT2D eigenvalue weighted by atomic mass is 10.0. The van der Waals surface area contributed by atoms with Crippen molar-refractivity contribution in [1.29, 1.82) is 0 Å². The van der Waals surface area contributed by atoms with Crippen LogP contribution in [-0.4, -0.2) is 81.5 Å². The van der Waals surface area contributed by atoms with E-state index in [9.17, 15) is 15.3 Å². The van der Waals surface area contributed by atoms with Gasteiger partial charge in [0.25, 0.3) is 0 Å². The molecule has 0 unspecified atom stereocenters. The number of unbranched alkanes of at least 4 members (excludes halogenated alkanes) is 7. The maximum Gasteiger partial charge on any atom is 0.119 e. The zero-order valence-corrected chi connectivity index (χ0v) is 40.3. The number of hydrogen-bond acceptors (Lipinski definition) is 9. The van der Waals surface area contributed by atoms with E-state index in [4.69, 9.17) is 28.9 Å². The van der Waals surface area contributed by atoms with Crippen LogP contribution in [0.2, 0.25) is 0 Å². The molecule has 0 saturated heterocycles. The van der Waals surface area contributed by atoms with E-state index in [1.807, 2.05) is 72.8 Å². The Morgan fingerprint density at radius 3 is 0.887 bits per heavy atom. The van der Waals surface area contributed by atoms with Crippen molar-refractivity contribution in [2.45, 2.75) is 58.3 Å². The molecule has 7 aromatic rings. The molecule has 0 fully saturated rings. The Bertz CT molecular complexity index is 3050. The van der Waals surface area contributed by atoms with Crippen LogP contribution >= 0.6 is 0 Å². The van der Waals surface area contributed by atoms with E-state index in [-0.39, 0.29) is 39.6 Å². The highest BCUT2D eigenvalue weighted by molar-refractivity contribution is 6.00. The highest BCUT2D eigenvalue weighted by Crippen LogP contribution is 2.39. The quantitative estimate of drug-likeness (QED) is 0.0394. The Kier molecular flexibility index (Phi) is 16.4. The van der Waals surface area contributed by atoms with Crippen molar-refractivity contribution in [3.63, 3.8) is 0 Å². The highest BCUT2D eigenvalue weighted by Gasteiger charge is 2.20. The third-order valence-electron chi connectivity index (χ3n) is 12.7. The van der Waals surface area contributed by atoms with Crippen LogP contribution in [0.5, 0.6) is 23.0 Å². The van der Waals surface area contributed by atoms with Crippen molar-refractivity contribution < 1.29 is 34.3 Å². The normalized spacial score (nSPS) is 11.8. The van der Waals surface area contributed by atoms with Crippen molar-refractivity contribution >= 4 is 46.4 Å². The summed E-state index contributed by atoms with van der Waals surface area (Å²) in [7, 11) is 0. The first-order chi connectivity index (χ1) is 35.0. The van der Waals surface area contributed by atoms with Gasteiger partial charge in [-0.1, -0.05) is 100 Å². The molecule has 0 aliphatic carbocycles. The maximum atomic E-state index is 9.44. The molecule has 2 aliphatic rings. The summed E-state index contributed by atoms with van der Waals surface area (Å²) in [6.07, 6.45) is 18.2. The van der Waals surface area contributed by atoms with Crippen LogP contribution in [0.1, 0.15) is 81.1 Å². The smallest absolute Gasteiger partial charge is 0.119 e. The minimum Gasteiger partial charge on any atom is -0.494 e. The molecule has 0 spiro atoms. The number of aromatic nitrogens is 4. The first-order valence-electron chi connectivity index (χ1n) is 24.9. The average Bonchev–Trinajstić information content (AvgIpc) is 4.27. The van der Waals surface area contributed by atoms with Gasteiger partial charge in [-0.05, 0) is 126 Å². The zero-order chi connectivity index (χ0) is 48.8. The molecular weight excluding hydrogens is 889 g/mol. The first-order valence-corrected chi connectivity index (χ1v) is 24.9. The summed E-state index contributed by atoms with van der Waals surface area (Å²) >= 11 is 0. The highest BCUT2D eigenvalue weighted by atomic mass is 16.5. The van der Waals surface area contributed by atoms with Crippen LogP contribution in [0.3, 0.4) is 0 Å². The number of aromatic amines is 2. The predicted octanol–water partition coefficient (Wildman–Crippen LogP) is 13.0. The van der Waals surface area contributed by atoms with Crippen molar-refractivity contribution in [3.05, 3.63) is 144 Å². The van der Waals surface area contributed by atoms with Crippen LogP contribution in [0, 0.1) is 0 Å². The summed E-state index contributed by atoms with van der Waals surface area (Å²) in [5, 5.41) is 28.3. The number of H-pyrrole nitrogens is 2. The number of nitrogens with zero attached hydrogens (tertiary/aromatic N) is 2. The fraction of sp³-hybridized carbons (Fsp3) is 0.267. The maximum absolute atomic E-state index is 9.44. The van der Waals surface area contributed by atoms with Gasteiger partial charge in [0, 0.05) is 44.3 Å². The van der Waals surface area contributed by atoms with Gasteiger partial charge in [0.2, 0.25) is 0 Å². The van der Waals surface area contributed by atoms with Gasteiger partial charge in [-0.15, -0.1) is 0 Å². The third kappa shape index (κ3) is 11.8. The number of nitrogens with one attached hydrogen (secondary N) is 2. The van der Waals surface area contributed by atoms with Crippen LogP contribution in [0.15, 0.2) is 121 Å². The molecule has 11 heteroatoms. The minimum absolute atomic E-state index is 0.0776. The second-order valence-corrected chi connectivity index (χ2v) is 17.6. The summed E-state index contributed by atoms with van der Waals surface area (Å²) < 4.78 is 23.6. The Morgan fingerprint density at radius 2 is 0.606 bits per heavy atom. The third-order valence-corrected chi connectivity index (χ3v) is 12.7. The van der Waals surface area contributed by atoms with E-state index in [2.05, 4.69) is 89.7 Å². The second-order valence-electron chi connectivity index (χ2n) is 17.6. The van der Waals surface area contributed by atoms with Crippen LogP contribution in [-0.2, 0) is 0 Å². The molecule has 8 bridgehead atoms. The number of benzene rings is 4. The summed E-state index contributed by atoms with van der Waals surface area (Å²) in [4.78, 5) is 18.5. The van der Waals surface area contributed by atoms with Crippen LogP contribution in [0.4, 0.5) is 0 Å². The number of hydrogen-bond donors (Lipinski definition) is 5. The molecule has 3 aromatic heterocycles. The summed E-state index contributed by atoms with van der Waals surface area (Å²) in [5.41, 5.74) is 13.9. The van der Waals surface area contributed by atoms with Gasteiger partial charge in [0.1, 0.15) is 42.8 Å². The molecule has 5 N–H and O–H groups in total. The molecule has 0 saturated carbocycles. The van der Waals surface area contributed by atoms with Gasteiger partial charge in [-0.3, -0.25) is 0 Å². The van der Waals surface area contributed by atoms with E-state index < -0.39 is 0 Å². The van der Waals surface area contributed by atoms with Crippen molar-refractivity contribution in [3.8, 4) is 67.5 Å². The lowest BCUT2D eigenvalue weighted by Gasteiger charge is -2.09. The van der Waals surface area contributed by atoms with E-state index in [0.29, 0.717) is 23.9 Å². The number of rotatable bonds is 23. The van der Waals surface area contributed by atoms with E-state index in [1.165, 1.54) is 44.9 Å². The standard InChI is InChI=1S/C60H62N4O7/c1-2-3-4-5-6-7-8-9-37-68-45-18-10-41(11-19-45)57-49-26-28-51(61-49)58(42-12-20-46(21-13-42)69-38-34-65)53-30-32-55(63-53)60(44-16-24-48(25-17-44)71-40-36-67)56-33-31-54(64-56)59(52-29-27-50(57)62-52)43-14-22-47(23-15-43)70-39-35-66/h10-33,61,64-67H,2-9,34-40H2,1H3. The Hall–Kier alpha value is -7.44. The summed E-state index contributed by atoms with van der Waals surface area (Å²) in [5.74, 6) is 2.80.